The summed E-state index contributed by atoms with van der Waals surface area (Å²) in [6.45, 7) is 0.522. The smallest absolute Gasteiger partial charge is 0.387 e. The zero-order valence-corrected chi connectivity index (χ0v) is 19.4. The number of amides is 1. The predicted molar refractivity (Wildman–Crippen MR) is 124 cm³/mol. The van der Waals surface area contributed by atoms with Gasteiger partial charge in [0.05, 0.1) is 13.0 Å². The third-order valence-electron chi connectivity index (χ3n) is 3.96. The first-order valence-electron chi connectivity index (χ1n) is 9.54. The highest BCUT2D eigenvalue weighted by Crippen LogP contribution is 2.20. The van der Waals surface area contributed by atoms with Crippen molar-refractivity contribution in [2.24, 2.45) is 4.99 Å². The second-order valence-corrected chi connectivity index (χ2v) is 6.26. The van der Waals surface area contributed by atoms with Crippen LogP contribution in [0.15, 0.2) is 53.5 Å². The normalized spacial score (nSPS) is 10.9. The van der Waals surface area contributed by atoms with Crippen LogP contribution in [0, 0.1) is 5.82 Å². The number of carbonyl (C=O) groups is 1. The van der Waals surface area contributed by atoms with E-state index in [9.17, 15) is 18.0 Å². The molecule has 2 rings (SSSR count). The van der Waals surface area contributed by atoms with E-state index in [1.54, 1.807) is 30.3 Å². The number of alkyl halides is 2. The summed E-state index contributed by atoms with van der Waals surface area (Å²) in [5.41, 5.74) is 1.25. The fourth-order valence-corrected chi connectivity index (χ4v) is 2.58. The number of para-hydroxylation sites is 1. The van der Waals surface area contributed by atoms with Gasteiger partial charge >= 0.3 is 6.61 Å². The lowest BCUT2D eigenvalue weighted by molar-refractivity contribution is -0.120. The van der Waals surface area contributed by atoms with Crippen LogP contribution in [0.5, 0.6) is 5.75 Å². The minimum atomic E-state index is -2.90. The Balaban J connectivity index is 0.00000480. The predicted octanol–water partition coefficient (Wildman–Crippen LogP) is 3.46. The number of rotatable bonds is 10. The van der Waals surface area contributed by atoms with E-state index in [1.165, 1.54) is 18.2 Å². The molecule has 2 aromatic carbocycles. The average molecular weight is 550 g/mol. The Hall–Kier alpha value is -2.50. The molecule has 0 atom stereocenters. The Morgan fingerprint density at radius 3 is 2.39 bits per heavy atom. The molecule has 1 amide bonds. The third-order valence-corrected chi connectivity index (χ3v) is 3.96. The topological polar surface area (TPSA) is 74.8 Å². The molecule has 0 aliphatic rings. The van der Waals surface area contributed by atoms with Crippen LogP contribution in [0.25, 0.3) is 0 Å². The van der Waals surface area contributed by atoms with Crippen molar-refractivity contribution in [3.63, 3.8) is 0 Å². The molecule has 0 saturated carbocycles. The molecule has 0 spiro atoms. The summed E-state index contributed by atoms with van der Waals surface area (Å²) in [7, 11) is 0. The summed E-state index contributed by atoms with van der Waals surface area (Å²) >= 11 is 0. The zero-order chi connectivity index (χ0) is 21.8. The van der Waals surface area contributed by atoms with Crippen LogP contribution < -0.4 is 20.7 Å². The molecule has 3 N–H and O–H groups in total. The van der Waals surface area contributed by atoms with E-state index in [-0.39, 0.29) is 54.4 Å². The summed E-state index contributed by atoms with van der Waals surface area (Å²) in [5, 5.41) is 8.88. The lowest BCUT2D eigenvalue weighted by atomic mass is 10.1. The molecule has 31 heavy (non-hydrogen) atoms. The fourth-order valence-electron chi connectivity index (χ4n) is 2.58. The van der Waals surface area contributed by atoms with Gasteiger partial charge < -0.3 is 20.7 Å². The molecule has 0 aliphatic carbocycles. The van der Waals surface area contributed by atoms with Crippen molar-refractivity contribution in [3.05, 3.63) is 65.5 Å². The van der Waals surface area contributed by atoms with Gasteiger partial charge in [-0.1, -0.05) is 30.3 Å². The molecule has 170 valence electrons. The Labute approximate surface area is 196 Å². The lowest BCUT2D eigenvalue weighted by Crippen LogP contribution is -2.41. The van der Waals surface area contributed by atoms with Crippen molar-refractivity contribution in [1.82, 2.24) is 16.0 Å². The Morgan fingerprint density at radius 2 is 1.71 bits per heavy atom. The molecule has 6 nitrogen and oxygen atoms in total. The number of hydrogen-bond acceptors (Lipinski definition) is 3. The number of halogens is 4. The molecule has 0 unspecified atom stereocenters. The van der Waals surface area contributed by atoms with Gasteiger partial charge in [-0.25, -0.2) is 9.38 Å². The monoisotopic (exact) mass is 550 g/mol. The SMILES string of the molecule is CCNC(=NCc1ccccc1OC(F)F)NCCNC(=O)Cc1ccc(F)cc1.I. The van der Waals surface area contributed by atoms with Crippen LogP contribution in [0.3, 0.4) is 0 Å². The van der Waals surface area contributed by atoms with Gasteiger partial charge in [-0.2, -0.15) is 8.78 Å². The highest BCUT2D eigenvalue weighted by atomic mass is 127. The van der Waals surface area contributed by atoms with Crippen molar-refractivity contribution in [2.75, 3.05) is 19.6 Å². The van der Waals surface area contributed by atoms with E-state index >= 15 is 0 Å². The number of ether oxygens (including phenoxy) is 1. The number of hydrogen-bond donors (Lipinski definition) is 3. The van der Waals surface area contributed by atoms with E-state index < -0.39 is 6.61 Å². The van der Waals surface area contributed by atoms with Gasteiger partial charge in [0.2, 0.25) is 5.91 Å². The maximum absolute atomic E-state index is 12.9. The van der Waals surface area contributed by atoms with E-state index in [0.717, 1.165) is 5.56 Å². The number of carbonyl (C=O) groups excluding carboxylic acids is 1. The summed E-state index contributed by atoms with van der Waals surface area (Å²) in [6, 6.07) is 12.2. The third kappa shape index (κ3) is 10.4. The van der Waals surface area contributed by atoms with Gasteiger partial charge in [0, 0.05) is 25.2 Å². The zero-order valence-electron chi connectivity index (χ0n) is 17.0. The number of nitrogens with one attached hydrogen (secondary N) is 3. The van der Waals surface area contributed by atoms with Crippen molar-refractivity contribution in [3.8, 4) is 5.75 Å². The second-order valence-electron chi connectivity index (χ2n) is 6.26. The molecule has 0 aliphatic heterocycles. The van der Waals surface area contributed by atoms with Crippen LogP contribution in [0.2, 0.25) is 0 Å². The fraction of sp³-hybridized carbons (Fsp3) is 0.333. The molecule has 0 aromatic heterocycles. The maximum Gasteiger partial charge on any atom is 0.387 e. The Morgan fingerprint density at radius 1 is 1.03 bits per heavy atom. The number of benzene rings is 2. The van der Waals surface area contributed by atoms with E-state index in [0.29, 0.717) is 31.2 Å². The van der Waals surface area contributed by atoms with Crippen LogP contribution in [-0.2, 0) is 17.8 Å². The van der Waals surface area contributed by atoms with Gasteiger partial charge in [-0.15, -0.1) is 24.0 Å². The Bertz CT molecular complexity index is 836. The standard InChI is InChI=1S/C21H25F3N4O2.HI/c1-2-25-21(28-14-16-5-3-4-6-18(16)30-20(23)24)27-12-11-26-19(29)13-15-7-9-17(22)10-8-15;/h3-10,20H,2,11-14H2,1H3,(H,26,29)(H2,25,27,28);1H. The van der Waals surface area contributed by atoms with Gasteiger partial charge in [0.1, 0.15) is 11.6 Å². The summed E-state index contributed by atoms with van der Waals surface area (Å²) in [6.07, 6.45) is 0.162. The minimum absolute atomic E-state index is 0. The first-order valence-corrected chi connectivity index (χ1v) is 9.54. The number of guanidine groups is 1. The molecule has 0 saturated heterocycles. The molecule has 0 radical (unpaired) electrons. The first-order chi connectivity index (χ1) is 14.5. The highest BCUT2D eigenvalue weighted by molar-refractivity contribution is 14.0. The highest BCUT2D eigenvalue weighted by Gasteiger charge is 2.09. The van der Waals surface area contributed by atoms with Crippen LogP contribution in [0.4, 0.5) is 13.2 Å². The van der Waals surface area contributed by atoms with E-state index in [2.05, 4.69) is 25.7 Å². The molecule has 2 aromatic rings. The molecule has 0 heterocycles. The van der Waals surface area contributed by atoms with Crippen molar-refractivity contribution in [2.45, 2.75) is 26.5 Å². The Kier molecular flexibility index (Phi) is 12.4. The van der Waals surface area contributed by atoms with Gasteiger partial charge in [-0.3, -0.25) is 4.79 Å². The van der Waals surface area contributed by atoms with Crippen LogP contribution in [0.1, 0.15) is 18.1 Å². The maximum atomic E-state index is 12.9. The minimum Gasteiger partial charge on any atom is -0.434 e. The molecule has 0 fully saturated rings. The van der Waals surface area contributed by atoms with Gasteiger partial charge in [0.25, 0.3) is 0 Å². The largest absolute Gasteiger partial charge is 0.434 e. The molecular weight excluding hydrogens is 524 g/mol. The van der Waals surface area contributed by atoms with Crippen LogP contribution >= 0.6 is 24.0 Å². The quantitative estimate of drug-likeness (QED) is 0.184. The van der Waals surface area contributed by atoms with Gasteiger partial charge in [-0.05, 0) is 30.7 Å². The van der Waals surface area contributed by atoms with Crippen LogP contribution in [-0.4, -0.2) is 38.1 Å². The lowest BCUT2D eigenvalue weighted by Gasteiger charge is -2.13. The summed E-state index contributed by atoms with van der Waals surface area (Å²) < 4.78 is 42.4. The van der Waals surface area contributed by atoms with Crippen molar-refractivity contribution >= 4 is 35.8 Å². The van der Waals surface area contributed by atoms with E-state index in [4.69, 9.17) is 0 Å². The summed E-state index contributed by atoms with van der Waals surface area (Å²) in [4.78, 5) is 16.3. The molecule has 0 bridgehead atoms. The average Bonchev–Trinajstić information content (AvgIpc) is 2.71. The summed E-state index contributed by atoms with van der Waals surface area (Å²) in [5.74, 6) is 0.0442. The van der Waals surface area contributed by atoms with E-state index in [1.807, 2.05) is 6.92 Å². The molecule has 10 heteroatoms. The van der Waals surface area contributed by atoms with Gasteiger partial charge in [0.15, 0.2) is 5.96 Å². The first kappa shape index (κ1) is 26.5. The van der Waals surface area contributed by atoms with Crippen molar-refractivity contribution < 1.29 is 22.7 Å². The van der Waals surface area contributed by atoms with Crippen molar-refractivity contribution in [1.29, 1.82) is 0 Å². The molecular formula is C21H26F3IN4O2. The number of aliphatic imine (C=N–C) groups is 1. The number of nitrogens with zero attached hydrogens (tertiary/aromatic N) is 1. The second kappa shape index (κ2) is 14.5.